The van der Waals surface area contributed by atoms with Gasteiger partial charge in [-0.15, -0.1) is 0 Å². The van der Waals surface area contributed by atoms with Crippen LogP contribution in [0.2, 0.25) is 0 Å². The summed E-state index contributed by atoms with van der Waals surface area (Å²) in [7, 11) is 0. The van der Waals surface area contributed by atoms with Crippen molar-refractivity contribution >= 4 is 5.97 Å². The fourth-order valence-corrected chi connectivity index (χ4v) is 1.30. The molecule has 0 rings (SSSR count). The van der Waals surface area contributed by atoms with Crippen LogP contribution in [-0.2, 0) is 9.53 Å². The van der Waals surface area contributed by atoms with Crippen LogP contribution in [0.1, 0.15) is 6.92 Å². The summed E-state index contributed by atoms with van der Waals surface area (Å²) < 4.78 is 4.82. The first kappa shape index (κ1) is 17.1. The maximum absolute atomic E-state index is 11.1. The molecule has 0 aliphatic rings. The van der Waals surface area contributed by atoms with E-state index in [4.69, 9.17) is 25.8 Å². The number of carbonyl (C=O) groups excluding carboxylic acids is 1. The molecule has 0 fully saturated rings. The molecule has 0 saturated carbocycles. The predicted molar refractivity (Wildman–Crippen MR) is 67.0 cm³/mol. The Balaban J connectivity index is 4.56. The number of hydrogen-bond donors (Lipinski definition) is 1. The summed E-state index contributed by atoms with van der Waals surface area (Å²) in [6.07, 6.45) is 0. The molecule has 0 atom stereocenters. The maximum Gasteiger partial charge on any atom is 0.333 e. The highest BCUT2D eigenvalue weighted by Crippen LogP contribution is 2.11. The molecule has 0 radical (unpaired) electrons. The van der Waals surface area contributed by atoms with Gasteiger partial charge < -0.3 is 10.1 Å². The molecule has 0 aromatic heterocycles. The van der Waals surface area contributed by atoms with E-state index in [1.807, 2.05) is 0 Å². The molecule has 0 unspecified atom stereocenters. The third-order valence-corrected chi connectivity index (χ3v) is 2.34. The lowest BCUT2D eigenvalue weighted by Crippen LogP contribution is -2.42. The normalized spacial score (nSPS) is 9.40. The standard InChI is InChI=1S/C13H13N5O2/c1-9(2)13(19)20-4-3-18-12(10(5-14)6-15)11(7-16)8-17/h10-12,18H,1,3-4H2,2H3. The molecule has 1 N–H and O–H groups in total. The summed E-state index contributed by atoms with van der Waals surface area (Å²) in [5.74, 6) is -2.84. The average molecular weight is 271 g/mol. The minimum atomic E-state index is -1.14. The number of nitrogens with zero attached hydrogens (tertiary/aromatic N) is 4. The zero-order chi connectivity index (χ0) is 15.5. The predicted octanol–water partition coefficient (Wildman–Crippen LogP) is 0.391. The van der Waals surface area contributed by atoms with Crippen LogP contribution in [-0.4, -0.2) is 25.2 Å². The Morgan fingerprint density at radius 1 is 1.15 bits per heavy atom. The highest BCUT2D eigenvalue weighted by atomic mass is 16.5. The third kappa shape index (κ3) is 5.19. The average Bonchev–Trinajstić information content (AvgIpc) is 2.44. The fourth-order valence-electron chi connectivity index (χ4n) is 1.30. The number of hydrogen-bond acceptors (Lipinski definition) is 7. The number of nitrogens with one attached hydrogen (secondary N) is 1. The Kier molecular flexibility index (Phi) is 7.80. The van der Waals surface area contributed by atoms with Gasteiger partial charge in [-0.25, -0.2) is 4.79 Å². The lowest BCUT2D eigenvalue weighted by molar-refractivity contribution is -0.138. The van der Waals surface area contributed by atoms with Gasteiger partial charge in [0.25, 0.3) is 0 Å². The highest BCUT2D eigenvalue weighted by molar-refractivity contribution is 5.86. The van der Waals surface area contributed by atoms with Crippen molar-refractivity contribution < 1.29 is 9.53 Å². The first-order valence-corrected chi connectivity index (χ1v) is 5.66. The molecule has 0 aromatic carbocycles. The number of nitriles is 4. The molecule has 7 heteroatoms. The van der Waals surface area contributed by atoms with Crippen molar-refractivity contribution in [3.05, 3.63) is 12.2 Å². The molecule has 0 saturated heterocycles. The second-order valence-electron chi connectivity index (χ2n) is 3.87. The van der Waals surface area contributed by atoms with Crippen LogP contribution in [0.4, 0.5) is 0 Å². The minimum absolute atomic E-state index is 0.0185. The summed E-state index contributed by atoms with van der Waals surface area (Å²) in [6.45, 7) is 5.01. The molecule has 0 bridgehead atoms. The van der Waals surface area contributed by atoms with Crippen molar-refractivity contribution in [3.63, 3.8) is 0 Å². The largest absolute Gasteiger partial charge is 0.461 e. The summed E-state index contributed by atoms with van der Waals surface area (Å²) in [5.41, 5.74) is 0.250. The fraction of sp³-hybridized carbons (Fsp3) is 0.462. The van der Waals surface area contributed by atoms with Crippen LogP contribution in [0.3, 0.4) is 0 Å². The Labute approximate surface area is 117 Å². The van der Waals surface area contributed by atoms with Gasteiger partial charge in [0.2, 0.25) is 0 Å². The quantitative estimate of drug-likeness (QED) is 0.402. The molecule has 0 aliphatic carbocycles. The van der Waals surface area contributed by atoms with E-state index in [1.165, 1.54) is 6.92 Å². The van der Waals surface area contributed by atoms with Gasteiger partial charge in [0.15, 0.2) is 11.8 Å². The van der Waals surface area contributed by atoms with Gasteiger partial charge >= 0.3 is 5.97 Å². The van der Waals surface area contributed by atoms with E-state index in [-0.39, 0.29) is 18.7 Å². The van der Waals surface area contributed by atoms with Crippen molar-refractivity contribution in [1.82, 2.24) is 5.32 Å². The first-order valence-electron chi connectivity index (χ1n) is 5.66. The number of carbonyl (C=O) groups is 1. The van der Waals surface area contributed by atoms with Crippen LogP contribution in [0.5, 0.6) is 0 Å². The molecule has 102 valence electrons. The van der Waals surface area contributed by atoms with Crippen LogP contribution in [0.25, 0.3) is 0 Å². The molecule has 0 aliphatic heterocycles. The van der Waals surface area contributed by atoms with Gasteiger partial charge in [0.05, 0.1) is 30.3 Å². The zero-order valence-corrected chi connectivity index (χ0v) is 11.0. The molecule has 20 heavy (non-hydrogen) atoms. The molecule has 0 heterocycles. The van der Waals surface area contributed by atoms with E-state index in [2.05, 4.69) is 11.9 Å². The lowest BCUT2D eigenvalue weighted by atomic mass is 9.91. The van der Waals surface area contributed by atoms with Crippen LogP contribution in [0, 0.1) is 57.2 Å². The molecule has 0 spiro atoms. The zero-order valence-electron chi connectivity index (χ0n) is 11.0. The van der Waals surface area contributed by atoms with E-state index in [0.29, 0.717) is 0 Å². The van der Waals surface area contributed by atoms with E-state index >= 15 is 0 Å². The van der Waals surface area contributed by atoms with Gasteiger partial charge in [-0.1, -0.05) is 6.58 Å². The number of ether oxygens (including phenoxy) is 1. The van der Waals surface area contributed by atoms with Crippen molar-refractivity contribution in [1.29, 1.82) is 21.0 Å². The summed E-state index contributed by atoms with van der Waals surface area (Å²) in [4.78, 5) is 11.1. The van der Waals surface area contributed by atoms with Crippen LogP contribution in [0.15, 0.2) is 12.2 Å². The summed E-state index contributed by atoms with van der Waals surface area (Å²) in [5, 5.41) is 38.0. The number of esters is 1. The van der Waals surface area contributed by atoms with E-state index in [1.54, 1.807) is 24.3 Å². The Morgan fingerprint density at radius 3 is 1.95 bits per heavy atom. The van der Waals surface area contributed by atoms with Crippen molar-refractivity contribution in [2.75, 3.05) is 13.2 Å². The SMILES string of the molecule is C=C(C)C(=O)OCCNC(C(C#N)C#N)C(C#N)C#N. The Morgan fingerprint density at radius 2 is 1.60 bits per heavy atom. The minimum Gasteiger partial charge on any atom is -0.461 e. The molecule has 7 nitrogen and oxygen atoms in total. The Bertz CT molecular complexity index is 469. The van der Waals surface area contributed by atoms with Crippen molar-refractivity contribution in [3.8, 4) is 24.3 Å². The second kappa shape index (κ2) is 9.11. The molecule has 0 amide bonds. The first-order chi connectivity index (χ1) is 9.51. The van der Waals surface area contributed by atoms with Crippen molar-refractivity contribution in [2.24, 2.45) is 11.8 Å². The smallest absolute Gasteiger partial charge is 0.333 e. The lowest BCUT2D eigenvalue weighted by Gasteiger charge is -2.19. The van der Waals surface area contributed by atoms with Gasteiger partial charge in [0, 0.05) is 12.1 Å². The van der Waals surface area contributed by atoms with E-state index in [9.17, 15) is 4.79 Å². The van der Waals surface area contributed by atoms with Gasteiger partial charge in [-0.2, -0.15) is 21.0 Å². The molecule has 0 aromatic rings. The van der Waals surface area contributed by atoms with E-state index < -0.39 is 23.8 Å². The second-order valence-corrected chi connectivity index (χ2v) is 3.87. The summed E-state index contributed by atoms with van der Waals surface area (Å²) in [6, 6.07) is 5.96. The van der Waals surface area contributed by atoms with Gasteiger partial charge in [0.1, 0.15) is 6.61 Å². The van der Waals surface area contributed by atoms with E-state index in [0.717, 1.165) is 0 Å². The van der Waals surface area contributed by atoms with Crippen LogP contribution >= 0.6 is 0 Å². The maximum atomic E-state index is 11.1. The molecular formula is C13H13N5O2. The monoisotopic (exact) mass is 271 g/mol. The van der Waals surface area contributed by atoms with Gasteiger partial charge in [-0.05, 0) is 6.92 Å². The van der Waals surface area contributed by atoms with Crippen LogP contribution < -0.4 is 5.32 Å². The Hall–Kier alpha value is -2.87. The topological polar surface area (TPSA) is 133 Å². The van der Waals surface area contributed by atoms with Gasteiger partial charge in [-0.3, -0.25) is 0 Å². The van der Waals surface area contributed by atoms with Crippen molar-refractivity contribution in [2.45, 2.75) is 13.0 Å². The molecular weight excluding hydrogens is 258 g/mol. The summed E-state index contributed by atoms with van der Waals surface area (Å²) >= 11 is 0. The highest BCUT2D eigenvalue weighted by Gasteiger charge is 2.29. The number of rotatable bonds is 7. The third-order valence-electron chi connectivity index (χ3n) is 2.34.